The van der Waals surface area contributed by atoms with Crippen molar-refractivity contribution in [1.82, 2.24) is 0 Å². The molecule has 0 radical (unpaired) electrons. The molecule has 3 heteroatoms. The van der Waals surface area contributed by atoms with Crippen LogP contribution in [0, 0.1) is 0 Å². The van der Waals surface area contributed by atoms with Crippen LogP contribution >= 0.6 is 0 Å². The van der Waals surface area contributed by atoms with Crippen LogP contribution in [0.15, 0.2) is 30.9 Å². The molecule has 1 atom stereocenters. The molecule has 0 aromatic heterocycles. The van der Waals surface area contributed by atoms with E-state index in [1.54, 1.807) is 18.2 Å². The van der Waals surface area contributed by atoms with E-state index in [-0.39, 0.29) is 6.04 Å². The fourth-order valence-electron chi connectivity index (χ4n) is 1.22. The van der Waals surface area contributed by atoms with Crippen molar-refractivity contribution in [1.29, 1.82) is 0 Å². The fourth-order valence-corrected chi connectivity index (χ4v) is 1.22. The summed E-state index contributed by atoms with van der Waals surface area (Å²) in [6.45, 7) is 3.63. The number of anilines is 2. The molecular weight excluding hydrogens is 162 g/mol. The number of hydrogen-bond acceptors (Lipinski definition) is 3. The summed E-state index contributed by atoms with van der Waals surface area (Å²) in [7, 11) is 0. The largest absolute Gasteiger partial charge is 0.399 e. The molecule has 0 aliphatic carbocycles. The van der Waals surface area contributed by atoms with E-state index in [1.807, 2.05) is 6.07 Å². The highest BCUT2D eigenvalue weighted by Gasteiger charge is 2.07. The van der Waals surface area contributed by atoms with Crippen molar-refractivity contribution in [3.8, 4) is 0 Å². The minimum absolute atomic E-state index is 0.110. The number of nitrogens with two attached hydrogens (primary N) is 3. The Hall–Kier alpha value is -1.48. The molecule has 0 fully saturated rings. The maximum absolute atomic E-state index is 5.87. The Labute approximate surface area is 78.2 Å². The van der Waals surface area contributed by atoms with Crippen LogP contribution in [-0.2, 0) is 0 Å². The molecular formula is C10H15N3. The van der Waals surface area contributed by atoms with Gasteiger partial charge in [0.15, 0.2) is 0 Å². The molecule has 13 heavy (non-hydrogen) atoms. The van der Waals surface area contributed by atoms with E-state index in [2.05, 4.69) is 6.58 Å². The standard InChI is InChI=1S/C10H15N3/c1-2-3-9(12)8-6-7(11)4-5-10(8)13/h2,4-6,9H,1,3,11-13H2. The normalized spacial score (nSPS) is 12.4. The maximum Gasteiger partial charge on any atom is 0.0364 e. The van der Waals surface area contributed by atoms with Gasteiger partial charge in [0.05, 0.1) is 0 Å². The average molecular weight is 177 g/mol. The quantitative estimate of drug-likeness (QED) is 0.482. The Morgan fingerprint density at radius 3 is 2.69 bits per heavy atom. The summed E-state index contributed by atoms with van der Waals surface area (Å²) in [5.74, 6) is 0. The zero-order valence-electron chi connectivity index (χ0n) is 7.53. The lowest BCUT2D eigenvalue weighted by Crippen LogP contribution is -2.11. The predicted molar refractivity (Wildman–Crippen MR) is 57.0 cm³/mol. The lowest BCUT2D eigenvalue weighted by atomic mass is 10.0. The van der Waals surface area contributed by atoms with Crippen LogP contribution < -0.4 is 17.2 Å². The first-order chi connectivity index (χ1) is 6.15. The Bertz CT molecular complexity index is 307. The Morgan fingerprint density at radius 2 is 2.08 bits per heavy atom. The van der Waals surface area contributed by atoms with Gasteiger partial charge in [-0.05, 0) is 30.2 Å². The van der Waals surface area contributed by atoms with Gasteiger partial charge in [0.25, 0.3) is 0 Å². The van der Waals surface area contributed by atoms with Crippen molar-refractivity contribution in [3.05, 3.63) is 36.4 Å². The van der Waals surface area contributed by atoms with Gasteiger partial charge < -0.3 is 17.2 Å². The number of rotatable bonds is 3. The summed E-state index contributed by atoms with van der Waals surface area (Å²) in [6.07, 6.45) is 2.47. The van der Waals surface area contributed by atoms with Crippen LogP contribution in [0.3, 0.4) is 0 Å². The minimum atomic E-state index is -0.110. The summed E-state index contributed by atoms with van der Waals surface area (Å²) in [4.78, 5) is 0. The molecule has 0 amide bonds. The molecule has 0 bridgehead atoms. The second-order valence-corrected chi connectivity index (χ2v) is 3.02. The summed E-state index contributed by atoms with van der Waals surface area (Å²) < 4.78 is 0. The molecule has 6 N–H and O–H groups in total. The fraction of sp³-hybridized carbons (Fsp3) is 0.200. The van der Waals surface area contributed by atoms with Crippen molar-refractivity contribution >= 4 is 11.4 Å². The van der Waals surface area contributed by atoms with Gasteiger partial charge in [-0.15, -0.1) is 6.58 Å². The van der Waals surface area contributed by atoms with Gasteiger partial charge in [0.1, 0.15) is 0 Å². The molecule has 1 rings (SSSR count). The molecule has 0 saturated carbocycles. The van der Waals surface area contributed by atoms with E-state index in [9.17, 15) is 0 Å². The van der Waals surface area contributed by atoms with Gasteiger partial charge in [-0.2, -0.15) is 0 Å². The highest BCUT2D eigenvalue weighted by molar-refractivity contribution is 5.56. The highest BCUT2D eigenvalue weighted by atomic mass is 14.7. The van der Waals surface area contributed by atoms with E-state index < -0.39 is 0 Å². The molecule has 0 heterocycles. The van der Waals surface area contributed by atoms with Crippen LogP contribution in [0.4, 0.5) is 11.4 Å². The number of hydrogen-bond donors (Lipinski definition) is 3. The number of nitrogen functional groups attached to an aromatic ring is 2. The topological polar surface area (TPSA) is 78.1 Å². The van der Waals surface area contributed by atoms with Crippen LogP contribution in [-0.4, -0.2) is 0 Å². The van der Waals surface area contributed by atoms with Gasteiger partial charge in [-0.3, -0.25) is 0 Å². The van der Waals surface area contributed by atoms with Gasteiger partial charge in [0, 0.05) is 17.4 Å². The van der Waals surface area contributed by atoms with Gasteiger partial charge in [0.2, 0.25) is 0 Å². The number of benzene rings is 1. The van der Waals surface area contributed by atoms with Crippen LogP contribution in [0.5, 0.6) is 0 Å². The summed E-state index contributed by atoms with van der Waals surface area (Å²) in [6, 6.07) is 5.23. The minimum Gasteiger partial charge on any atom is -0.399 e. The van der Waals surface area contributed by atoms with E-state index >= 15 is 0 Å². The molecule has 1 aromatic rings. The van der Waals surface area contributed by atoms with Crippen molar-refractivity contribution in [3.63, 3.8) is 0 Å². The molecule has 0 aliphatic heterocycles. The monoisotopic (exact) mass is 177 g/mol. The highest BCUT2D eigenvalue weighted by Crippen LogP contribution is 2.23. The second kappa shape index (κ2) is 3.96. The van der Waals surface area contributed by atoms with Crippen LogP contribution in [0.2, 0.25) is 0 Å². The van der Waals surface area contributed by atoms with Gasteiger partial charge in [-0.1, -0.05) is 6.08 Å². The first-order valence-corrected chi connectivity index (χ1v) is 4.16. The van der Waals surface area contributed by atoms with Crippen LogP contribution in [0.1, 0.15) is 18.0 Å². The maximum atomic E-state index is 5.87. The molecule has 0 saturated heterocycles. The lowest BCUT2D eigenvalue weighted by Gasteiger charge is -2.12. The SMILES string of the molecule is C=CCC(N)c1cc(N)ccc1N. The van der Waals surface area contributed by atoms with Crippen molar-refractivity contribution in [2.24, 2.45) is 5.73 Å². The summed E-state index contributed by atoms with van der Waals surface area (Å²) in [5, 5.41) is 0. The van der Waals surface area contributed by atoms with E-state index in [0.29, 0.717) is 17.8 Å². The average Bonchev–Trinajstić information content (AvgIpc) is 2.09. The Kier molecular flexibility index (Phi) is 2.93. The first-order valence-electron chi connectivity index (χ1n) is 4.16. The zero-order chi connectivity index (χ0) is 9.84. The third-order valence-electron chi connectivity index (χ3n) is 1.93. The van der Waals surface area contributed by atoms with Crippen molar-refractivity contribution < 1.29 is 0 Å². The van der Waals surface area contributed by atoms with Gasteiger partial charge in [-0.25, -0.2) is 0 Å². The summed E-state index contributed by atoms with van der Waals surface area (Å²) in [5.41, 5.74) is 19.5. The smallest absolute Gasteiger partial charge is 0.0364 e. The Morgan fingerprint density at radius 1 is 1.38 bits per heavy atom. The predicted octanol–water partition coefficient (Wildman–Crippen LogP) is 1.43. The molecule has 3 nitrogen and oxygen atoms in total. The Balaban J connectivity index is 2.97. The van der Waals surface area contributed by atoms with Crippen molar-refractivity contribution in [2.75, 3.05) is 11.5 Å². The molecule has 0 spiro atoms. The third-order valence-corrected chi connectivity index (χ3v) is 1.93. The van der Waals surface area contributed by atoms with E-state index in [0.717, 1.165) is 5.56 Å². The zero-order valence-corrected chi connectivity index (χ0v) is 7.53. The molecule has 70 valence electrons. The lowest BCUT2D eigenvalue weighted by molar-refractivity contribution is 0.745. The molecule has 0 aliphatic rings. The van der Waals surface area contributed by atoms with Crippen LogP contribution in [0.25, 0.3) is 0 Å². The molecule has 1 unspecified atom stereocenters. The third kappa shape index (κ3) is 2.23. The van der Waals surface area contributed by atoms with E-state index in [1.165, 1.54) is 0 Å². The second-order valence-electron chi connectivity index (χ2n) is 3.02. The van der Waals surface area contributed by atoms with Crippen molar-refractivity contribution in [2.45, 2.75) is 12.5 Å². The first kappa shape index (κ1) is 9.61. The van der Waals surface area contributed by atoms with Gasteiger partial charge >= 0.3 is 0 Å². The summed E-state index contributed by atoms with van der Waals surface area (Å²) >= 11 is 0. The van der Waals surface area contributed by atoms with E-state index in [4.69, 9.17) is 17.2 Å². The molecule has 1 aromatic carbocycles.